The molecule has 2 aromatic carbocycles. The van der Waals surface area contributed by atoms with Crippen molar-refractivity contribution < 1.29 is 17.9 Å². The van der Waals surface area contributed by atoms with Gasteiger partial charge in [-0.1, -0.05) is 56.2 Å². The van der Waals surface area contributed by atoms with Gasteiger partial charge in [0, 0.05) is 66.9 Å². The van der Waals surface area contributed by atoms with Gasteiger partial charge in [0.25, 0.3) is 5.91 Å². The van der Waals surface area contributed by atoms with Crippen LogP contribution in [0.15, 0.2) is 54.7 Å². The van der Waals surface area contributed by atoms with E-state index in [4.69, 9.17) is 11.3 Å². The molecule has 2 atom stereocenters. The maximum absolute atomic E-state index is 13.2. The fourth-order valence-electron chi connectivity index (χ4n) is 7.79. The molecule has 2 aliphatic carbocycles. The molecule has 2 saturated carbocycles. The van der Waals surface area contributed by atoms with Gasteiger partial charge in [-0.05, 0) is 54.4 Å². The summed E-state index contributed by atoms with van der Waals surface area (Å²) >= 11 is 0. The van der Waals surface area contributed by atoms with E-state index in [-0.39, 0.29) is 5.41 Å². The number of morpholine rings is 1. The summed E-state index contributed by atoms with van der Waals surface area (Å²) in [5.41, 5.74) is 7.75. The van der Waals surface area contributed by atoms with Crippen LogP contribution >= 0.6 is 0 Å². The van der Waals surface area contributed by atoms with E-state index in [1.165, 1.54) is 66.8 Å². The number of hydrogen-bond acceptors (Lipinski definition) is 5. The Hall–Kier alpha value is -3.14. The second kappa shape index (κ2) is 10.2. The molecule has 42 heavy (non-hydrogen) atoms. The number of ether oxygens (including phenoxy) is 1. The van der Waals surface area contributed by atoms with Crippen molar-refractivity contribution in [2.24, 2.45) is 5.41 Å². The summed E-state index contributed by atoms with van der Waals surface area (Å²) in [5, 5.41) is 1.17. The zero-order chi connectivity index (χ0) is 29.2. The first-order valence-corrected chi connectivity index (χ1v) is 16.7. The molecule has 0 radical (unpaired) electrons. The Morgan fingerprint density at radius 2 is 1.81 bits per heavy atom. The Morgan fingerprint density at radius 1 is 1.07 bits per heavy atom. The Balaban J connectivity index is 1.42. The van der Waals surface area contributed by atoms with Crippen molar-refractivity contribution in [1.82, 2.24) is 18.5 Å². The molecule has 1 saturated heterocycles. The van der Waals surface area contributed by atoms with E-state index in [1.807, 2.05) is 6.07 Å². The minimum Gasteiger partial charge on any atom is -0.378 e. The van der Waals surface area contributed by atoms with Gasteiger partial charge in [0.2, 0.25) is 0 Å². The monoisotopic (exact) mass is 588 g/mol. The van der Waals surface area contributed by atoms with Gasteiger partial charge < -0.3 is 14.2 Å². The van der Waals surface area contributed by atoms with Gasteiger partial charge in [0.15, 0.2) is 0 Å². The second-order valence-corrected chi connectivity index (χ2v) is 14.6. The van der Waals surface area contributed by atoms with Crippen LogP contribution in [0, 0.1) is 5.41 Å². The van der Waals surface area contributed by atoms with Crippen molar-refractivity contribution in [2.75, 3.05) is 40.4 Å². The smallest absolute Gasteiger partial charge is 0.303 e. The number of benzene rings is 2. The van der Waals surface area contributed by atoms with Crippen molar-refractivity contribution in [3.8, 4) is 11.3 Å². The van der Waals surface area contributed by atoms with Crippen LogP contribution in [-0.2, 0) is 21.5 Å². The first kappa shape index (κ1) is 27.7. The van der Waals surface area contributed by atoms with Crippen LogP contribution < -0.4 is 4.72 Å². The molecule has 7 rings (SSSR count). The molecule has 0 bridgehead atoms. The molecule has 222 valence electrons. The number of rotatable bonds is 6. The zero-order valence-corrected chi connectivity index (χ0v) is 25.4. The lowest BCUT2D eigenvalue weighted by atomic mass is 9.81. The highest BCUT2D eigenvalue weighted by atomic mass is 32.2. The number of fused-ring (bicyclic) bond motifs is 7. The predicted octanol–water partition coefficient (Wildman–Crippen LogP) is 5.23. The molecule has 1 amide bonds. The number of nitrogens with zero attached hydrogens (tertiary/aromatic N) is 3. The maximum Gasteiger partial charge on any atom is 0.303 e. The zero-order valence-electron chi connectivity index (χ0n) is 24.6. The summed E-state index contributed by atoms with van der Waals surface area (Å²) in [5.74, 6) is 0.216. The van der Waals surface area contributed by atoms with Crippen molar-refractivity contribution in [1.29, 1.82) is 0 Å². The first-order valence-electron chi connectivity index (χ1n) is 15.2. The van der Waals surface area contributed by atoms with Gasteiger partial charge in [0.05, 0.1) is 18.9 Å². The third-order valence-corrected chi connectivity index (χ3v) is 11.6. The average molecular weight is 589 g/mol. The molecule has 1 aromatic heterocycles. The molecule has 2 unspecified atom stereocenters. The van der Waals surface area contributed by atoms with Gasteiger partial charge >= 0.3 is 10.2 Å². The molecule has 8 nitrogen and oxygen atoms in total. The lowest BCUT2D eigenvalue weighted by molar-refractivity contribution is 0.0465. The Morgan fingerprint density at radius 3 is 2.55 bits per heavy atom. The number of aromatic nitrogens is 1. The maximum atomic E-state index is 13.2. The van der Waals surface area contributed by atoms with E-state index >= 15 is 0 Å². The third kappa shape index (κ3) is 4.39. The number of carbonyl (C=O) groups excluding carboxylic acids is 1. The average Bonchev–Trinajstić information content (AvgIpc) is 3.67. The first-order chi connectivity index (χ1) is 20.2. The minimum absolute atomic E-state index is 0.110. The van der Waals surface area contributed by atoms with E-state index in [1.54, 1.807) is 6.07 Å². The highest BCUT2D eigenvalue weighted by molar-refractivity contribution is 7.87. The number of hydrogen-bond donors (Lipinski definition) is 1. The molecule has 9 heteroatoms. The Bertz CT molecular complexity index is 1680. The van der Waals surface area contributed by atoms with Gasteiger partial charge in [-0.15, -0.1) is 0 Å². The molecule has 3 aromatic rings. The van der Waals surface area contributed by atoms with E-state index in [9.17, 15) is 13.2 Å². The fraction of sp³-hybridized carbons (Fsp3) is 0.485. The van der Waals surface area contributed by atoms with Gasteiger partial charge in [0.1, 0.15) is 0 Å². The van der Waals surface area contributed by atoms with E-state index in [0.29, 0.717) is 30.6 Å². The summed E-state index contributed by atoms with van der Waals surface area (Å²) in [7, 11) is -1.09. The SMILES string of the molecule is C=C(N1CCOCC1)C12CC1c1ccccc1-c1c(C3CCCCC3)c3ccc(C(=O)NS(=O)(=O)N(C)C)cc3n1C2. The lowest BCUT2D eigenvalue weighted by Crippen LogP contribution is -2.39. The third-order valence-electron chi connectivity index (χ3n) is 10.2. The van der Waals surface area contributed by atoms with Crippen LogP contribution in [0.4, 0.5) is 0 Å². The normalized spacial score (nSPS) is 24.1. The largest absolute Gasteiger partial charge is 0.378 e. The molecular formula is C33H40N4O4S. The van der Waals surface area contributed by atoms with Crippen molar-refractivity contribution in [3.63, 3.8) is 0 Å². The summed E-state index contributed by atoms with van der Waals surface area (Å²) in [6, 6.07) is 14.6. The highest BCUT2D eigenvalue weighted by Crippen LogP contribution is 2.68. The van der Waals surface area contributed by atoms with Gasteiger partial charge in [-0.2, -0.15) is 12.7 Å². The van der Waals surface area contributed by atoms with Crippen molar-refractivity contribution >= 4 is 27.0 Å². The lowest BCUT2D eigenvalue weighted by Gasteiger charge is -2.35. The number of nitrogens with one attached hydrogen (secondary N) is 1. The topological polar surface area (TPSA) is 83.9 Å². The second-order valence-electron chi connectivity index (χ2n) is 12.7. The Labute approximate surface area is 248 Å². The number of carbonyl (C=O) groups is 1. The van der Waals surface area contributed by atoms with Crippen LogP contribution in [0.1, 0.15) is 71.8 Å². The van der Waals surface area contributed by atoms with E-state index in [0.717, 1.165) is 48.7 Å². The summed E-state index contributed by atoms with van der Waals surface area (Å²) in [6.07, 6.45) is 7.08. The molecule has 2 aliphatic heterocycles. The fourth-order valence-corrected chi connectivity index (χ4v) is 8.32. The molecule has 1 N–H and O–H groups in total. The quantitative estimate of drug-likeness (QED) is 0.427. The van der Waals surface area contributed by atoms with Crippen LogP contribution in [0.2, 0.25) is 0 Å². The van der Waals surface area contributed by atoms with E-state index < -0.39 is 16.1 Å². The predicted molar refractivity (Wildman–Crippen MR) is 165 cm³/mol. The molecule has 3 heterocycles. The number of allylic oxidation sites excluding steroid dienone is 1. The Kier molecular flexibility index (Phi) is 6.75. The van der Waals surface area contributed by atoms with E-state index in [2.05, 4.69) is 44.5 Å². The molecule has 0 spiro atoms. The van der Waals surface area contributed by atoms with Crippen LogP contribution in [0.3, 0.4) is 0 Å². The molecule has 3 fully saturated rings. The van der Waals surface area contributed by atoms with Crippen molar-refractivity contribution in [2.45, 2.75) is 56.9 Å². The number of amides is 1. The van der Waals surface area contributed by atoms with Crippen LogP contribution in [0.5, 0.6) is 0 Å². The minimum atomic E-state index is -3.91. The molecular weight excluding hydrogens is 548 g/mol. The van der Waals surface area contributed by atoms with Crippen LogP contribution in [0.25, 0.3) is 22.2 Å². The summed E-state index contributed by atoms with van der Waals surface area (Å²) < 4.78 is 36.3. The van der Waals surface area contributed by atoms with Gasteiger partial charge in [-0.3, -0.25) is 4.79 Å². The van der Waals surface area contributed by atoms with Gasteiger partial charge in [-0.25, -0.2) is 4.72 Å². The standard InChI is InChI=1S/C33H40N4O4S/c1-22(36-15-17-41-18-16-36)33-20-28(33)25-11-7-8-12-26(25)31-30(23-9-5-4-6-10-23)27-14-13-24(19-29(27)37(31)21-33)32(38)34-42(39,40)35(2)3/h7-8,11-14,19,23,28H,1,4-6,9-10,15-18,20-21H2,2-3H3,(H,34,38). The van der Waals surface area contributed by atoms with Crippen LogP contribution in [-0.4, -0.2) is 68.5 Å². The highest BCUT2D eigenvalue weighted by Gasteiger charge is 2.60. The summed E-state index contributed by atoms with van der Waals surface area (Å²) in [4.78, 5) is 15.7. The summed E-state index contributed by atoms with van der Waals surface area (Å²) in [6.45, 7) is 8.62. The molecule has 4 aliphatic rings. The van der Waals surface area contributed by atoms with Crippen molar-refractivity contribution in [3.05, 3.63) is 71.4 Å².